The van der Waals surface area contributed by atoms with Gasteiger partial charge in [-0.05, 0) is 25.1 Å². The number of halogens is 1. The summed E-state index contributed by atoms with van der Waals surface area (Å²) < 4.78 is 20.8. The van der Waals surface area contributed by atoms with Gasteiger partial charge in [0.05, 0.1) is 11.9 Å². The Morgan fingerprint density at radius 1 is 1.38 bits per heavy atom. The maximum absolute atomic E-state index is 13.6. The highest BCUT2D eigenvalue weighted by molar-refractivity contribution is 5.99. The molecule has 0 saturated carbocycles. The van der Waals surface area contributed by atoms with E-state index in [0.717, 1.165) is 5.01 Å². The quantitative estimate of drug-likeness (QED) is 0.481. The van der Waals surface area contributed by atoms with Gasteiger partial charge in [0.1, 0.15) is 22.9 Å². The maximum atomic E-state index is 13.6. The second-order valence-corrected chi connectivity index (χ2v) is 5.33. The van der Waals surface area contributed by atoms with Gasteiger partial charge in [0.25, 0.3) is 5.91 Å². The van der Waals surface area contributed by atoms with E-state index in [0.29, 0.717) is 22.9 Å². The van der Waals surface area contributed by atoms with Gasteiger partial charge in [0, 0.05) is 12.3 Å². The number of carbonyl (C=O) groups is 1. The molecule has 8 nitrogen and oxygen atoms in total. The first-order valence-electron chi connectivity index (χ1n) is 7.19. The molecule has 122 valence electrons. The smallest absolute Gasteiger partial charge is 0.276 e. The van der Waals surface area contributed by atoms with E-state index in [2.05, 4.69) is 15.4 Å². The van der Waals surface area contributed by atoms with Crippen LogP contribution in [0.1, 0.15) is 17.3 Å². The number of nitrogens with one attached hydrogen (secondary N) is 1. The van der Waals surface area contributed by atoms with E-state index >= 15 is 0 Å². The molecule has 0 saturated heterocycles. The van der Waals surface area contributed by atoms with Crippen LogP contribution in [0.4, 0.5) is 15.9 Å². The number of nitrogens with two attached hydrogens (primary N) is 1. The minimum Gasteiger partial charge on any atom is -0.467 e. The first kappa shape index (κ1) is 14.4. The fourth-order valence-corrected chi connectivity index (χ4v) is 2.47. The van der Waals surface area contributed by atoms with E-state index in [1.54, 1.807) is 19.2 Å². The second-order valence-electron chi connectivity index (χ2n) is 5.33. The minimum absolute atomic E-state index is 0.244. The van der Waals surface area contributed by atoms with Gasteiger partial charge in [0.15, 0.2) is 11.9 Å². The van der Waals surface area contributed by atoms with Gasteiger partial charge in [0.2, 0.25) is 0 Å². The molecule has 1 unspecified atom stereocenters. The van der Waals surface area contributed by atoms with E-state index < -0.39 is 18.0 Å². The maximum Gasteiger partial charge on any atom is 0.276 e. The third-order valence-electron chi connectivity index (χ3n) is 3.73. The molecular weight excluding hydrogens is 315 g/mol. The predicted octanol–water partition coefficient (Wildman–Crippen LogP) is 1.67. The Bertz CT molecular complexity index is 956. The fourth-order valence-electron chi connectivity index (χ4n) is 2.47. The summed E-state index contributed by atoms with van der Waals surface area (Å²) in [6.45, 7) is 1.62. The molecule has 0 fully saturated rings. The van der Waals surface area contributed by atoms with Crippen molar-refractivity contribution < 1.29 is 13.9 Å². The molecule has 9 heteroatoms. The van der Waals surface area contributed by atoms with Crippen molar-refractivity contribution in [3.05, 3.63) is 48.0 Å². The third kappa shape index (κ3) is 2.22. The van der Waals surface area contributed by atoms with Crippen LogP contribution in [0.25, 0.3) is 5.65 Å². The van der Waals surface area contributed by atoms with Crippen LogP contribution < -0.4 is 15.9 Å². The molecule has 4 rings (SSSR count). The SMILES string of the molecule is CC1Oc2ccc(F)cc2Nc2ccn3ncc(c3n2)C(=O)N1N. The molecule has 1 aliphatic rings. The molecular formula is C15H13FN6O2. The summed E-state index contributed by atoms with van der Waals surface area (Å²) in [5.74, 6) is 5.75. The van der Waals surface area contributed by atoms with Crippen molar-refractivity contribution in [2.75, 3.05) is 5.32 Å². The van der Waals surface area contributed by atoms with E-state index in [-0.39, 0.29) is 5.56 Å². The molecule has 0 radical (unpaired) electrons. The zero-order valence-corrected chi connectivity index (χ0v) is 12.6. The van der Waals surface area contributed by atoms with E-state index in [4.69, 9.17) is 10.6 Å². The Morgan fingerprint density at radius 3 is 3.04 bits per heavy atom. The van der Waals surface area contributed by atoms with E-state index in [1.807, 2.05) is 0 Å². The normalized spacial score (nSPS) is 17.2. The average molecular weight is 328 g/mol. The Labute approximate surface area is 135 Å². The first-order chi connectivity index (χ1) is 11.5. The average Bonchev–Trinajstić information content (AvgIpc) is 2.98. The molecule has 0 aliphatic carbocycles. The lowest BCUT2D eigenvalue weighted by molar-refractivity contribution is 0.0293. The van der Waals surface area contributed by atoms with Crippen LogP contribution >= 0.6 is 0 Å². The molecule has 1 amide bonds. The monoisotopic (exact) mass is 328 g/mol. The summed E-state index contributed by atoms with van der Waals surface area (Å²) in [6, 6.07) is 5.67. The van der Waals surface area contributed by atoms with E-state index in [9.17, 15) is 9.18 Å². The first-order valence-corrected chi connectivity index (χ1v) is 7.19. The molecule has 1 aromatic carbocycles. The molecule has 3 heterocycles. The highest BCUT2D eigenvalue weighted by atomic mass is 19.1. The van der Waals surface area contributed by atoms with Crippen LogP contribution in [-0.4, -0.2) is 31.7 Å². The van der Waals surface area contributed by atoms with Gasteiger partial charge in [-0.15, -0.1) is 0 Å². The number of fused-ring (bicyclic) bond motifs is 2. The molecule has 1 atom stereocenters. The molecule has 3 aromatic rings. The molecule has 2 bridgehead atoms. The van der Waals surface area contributed by atoms with Crippen molar-refractivity contribution in [1.29, 1.82) is 0 Å². The van der Waals surface area contributed by atoms with Crippen molar-refractivity contribution in [3.8, 4) is 5.75 Å². The number of amides is 1. The summed E-state index contributed by atoms with van der Waals surface area (Å²) in [6.07, 6.45) is 2.25. The van der Waals surface area contributed by atoms with Crippen LogP contribution in [0.15, 0.2) is 36.7 Å². The molecule has 1 aliphatic heterocycles. The van der Waals surface area contributed by atoms with Gasteiger partial charge in [-0.2, -0.15) is 5.10 Å². The molecule has 2 aromatic heterocycles. The third-order valence-corrected chi connectivity index (χ3v) is 3.73. The highest BCUT2D eigenvalue weighted by Gasteiger charge is 2.25. The van der Waals surface area contributed by atoms with Crippen LogP contribution in [0.5, 0.6) is 5.75 Å². The Hall–Kier alpha value is -3.20. The summed E-state index contributed by atoms with van der Waals surface area (Å²) in [5, 5.41) is 8.03. The number of nitrogens with zero attached hydrogens (tertiary/aromatic N) is 4. The number of anilines is 2. The lowest BCUT2D eigenvalue weighted by Crippen LogP contribution is -2.47. The van der Waals surface area contributed by atoms with Gasteiger partial charge < -0.3 is 10.1 Å². The van der Waals surface area contributed by atoms with Gasteiger partial charge in [-0.25, -0.2) is 24.7 Å². The Morgan fingerprint density at radius 2 is 2.21 bits per heavy atom. The Kier molecular flexibility index (Phi) is 3.10. The van der Waals surface area contributed by atoms with Crippen molar-refractivity contribution in [2.24, 2.45) is 5.84 Å². The van der Waals surface area contributed by atoms with Crippen molar-refractivity contribution in [1.82, 2.24) is 19.6 Å². The molecule has 0 spiro atoms. The number of hydrazine groups is 1. The van der Waals surface area contributed by atoms with Crippen LogP contribution in [-0.2, 0) is 0 Å². The number of hydrogen-bond donors (Lipinski definition) is 2. The van der Waals surface area contributed by atoms with Crippen LogP contribution in [0, 0.1) is 5.82 Å². The van der Waals surface area contributed by atoms with Crippen molar-refractivity contribution in [2.45, 2.75) is 13.2 Å². The minimum atomic E-state index is -0.782. The number of hydrogen-bond acceptors (Lipinski definition) is 6. The molecule has 24 heavy (non-hydrogen) atoms. The zero-order chi connectivity index (χ0) is 16.8. The van der Waals surface area contributed by atoms with Gasteiger partial charge in [-0.1, -0.05) is 0 Å². The predicted molar refractivity (Wildman–Crippen MR) is 83.1 cm³/mol. The summed E-state index contributed by atoms with van der Waals surface area (Å²) >= 11 is 0. The topological polar surface area (TPSA) is 97.8 Å². The second kappa shape index (κ2) is 5.17. The van der Waals surface area contributed by atoms with Crippen LogP contribution in [0.2, 0.25) is 0 Å². The standard InChI is InChI=1S/C15H13FN6O2/c1-8-22(17)15(23)10-7-18-21-5-4-13(20-14(10)21)19-11-6-9(16)2-3-12(11)24-8/h2-8H,17H2,1H3,(H,19,20). The lowest BCUT2D eigenvalue weighted by Gasteiger charge is -2.25. The largest absolute Gasteiger partial charge is 0.467 e. The number of ether oxygens (including phenoxy) is 1. The summed E-state index contributed by atoms with van der Waals surface area (Å²) in [7, 11) is 0. The van der Waals surface area contributed by atoms with Crippen molar-refractivity contribution >= 4 is 23.1 Å². The fraction of sp³-hybridized carbons (Fsp3) is 0.133. The summed E-state index contributed by atoms with van der Waals surface area (Å²) in [5.41, 5.74) is 0.962. The van der Waals surface area contributed by atoms with Crippen LogP contribution in [0.3, 0.4) is 0 Å². The zero-order valence-electron chi connectivity index (χ0n) is 12.6. The summed E-state index contributed by atoms with van der Waals surface area (Å²) in [4.78, 5) is 16.9. The number of rotatable bonds is 0. The van der Waals surface area contributed by atoms with Gasteiger partial charge >= 0.3 is 0 Å². The van der Waals surface area contributed by atoms with E-state index in [1.165, 1.54) is 28.9 Å². The lowest BCUT2D eigenvalue weighted by atomic mass is 10.2. The van der Waals surface area contributed by atoms with Crippen molar-refractivity contribution in [3.63, 3.8) is 0 Å². The highest BCUT2D eigenvalue weighted by Crippen LogP contribution is 2.30. The molecule has 3 N–H and O–H groups in total. The number of aromatic nitrogens is 3. The number of carbonyl (C=O) groups excluding carboxylic acids is 1. The Balaban J connectivity index is 1.94. The van der Waals surface area contributed by atoms with Gasteiger partial charge in [-0.3, -0.25) is 4.79 Å². The number of benzene rings is 1.